The number of carbonyl (C=O) groups excluding carboxylic acids is 1. The van der Waals surface area contributed by atoms with Crippen LogP contribution in [0.15, 0.2) is 43.1 Å². The minimum atomic E-state index is -0.730. The highest BCUT2D eigenvalue weighted by atomic mass is 16.5. The van der Waals surface area contributed by atoms with Crippen molar-refractivity contribution in [2.75, 3.05) is 13.1 Å². The highest BCUT2D eigenvalue weighted by Crippen LogP contribution is 2.20. The van der Waals surface area contributed by atoms with Gasteiger partial charge in [-0.2, -0.15) is 5.10 Å². The highest BCUT2D eigenvalue weighted by Gasteiger charge is 2.36. The Balaban J connectivity index is 1.49. The van der Waals surface area contributed by atoms with Gasteiger partial charge in [0.25, 0.3) is 5.91 Å². The summed E-state index contributed by atoms with van der Waals surface area (Å²) < 4.78 is 9.16. The van der Waals surface area contributed by atoms with Crippen LogP contribution < -0.4 is 4.74 Å². The zero-order chi connectivity index (χ0) is 16.7. The first-order valence-corrected chi connectivity index (χ1v) is 7.65. The van der Waals surface area contributed by atoms with Gasteiger partial charge in [-0.05, 0) is 12.1 Å². The number of hydrogen-bond donors (Lipinski definition) is 1. The number of aromatic nitrogens is 4. The lowest BCUT2D eigenvalue weighted by atomic mass is 10.2. The van der Waals surface area contributed by atoms with E-state index in [0.29, 0.717) is 17.9 Å². The van der Waals surface area contributed by atoms with E-state index in [1.165, 1.54) is 0 Å². The van der Waals surface area contributed by atoms with E-state index < -0.39 is 12.2 Å². The fourth-order valence-electron chi connectivity index (χ4n) is 2.90. The summed E-state index contributed by atoms with van der Waals surface area (Å²) in [5.74, 6) is 0.442. The van der Waals surface area contributed by atoms with Gasteiger partial charge >= 0.3 is 0 Å². The summed E-state index contributed by atoms with van der Waals surface area (Å²) in [6, 6.07) is 3.54. The van der Waals surface area contributed by atoms with Crippen molar-refractivity contribution in [2.45, 2.75) is 12.2 Å². The van der Waals surface area contributed by atoms with Gasteiger partial charge in [-0.1, -0.05) is 0 Å². The summed E-state index contributed by atoms with van der Waals surface area (Å²) in [7, 11) is 1.79. The number of pyridine rings is 1. The third kappa shape index (κ3) is 2.61. The second-order valence-corrected chi connectivity index (χ2v) is 5.89. The molecule has 4 rings (SSSR count). The van der Waals surface area contributed by atoms with Crippen molar-refractivity contribution in [3.8, 4) is 5.75 Å². The fraction of sp³-hybridized carbons (Fsp3) is 0.312. The predicted octanol–water partition coefficient (Wildman–Crippen LogP) is 0.332. The molecule has 1 aliphatic rings. The van der Waals surface area contributed by atoms with Crippen LogP contribution >= 0.6 is 0 Å². The van der Waals surface area contributed by atoms with Crippen LogP contribution in [0.1, 0.15) is 10.4 Å². The lowest BCUT2D eigenvalue weighted by Gasteiger charge is -2.16. The molecule has 1 saturated heterocycles. The van der Waals surface area contributed by atoms with Gasteiger partial charge in [-0.15, -0.1) is 0 Å². The largest absolute Gasteiger partial charge is 0.482 e. The Bertz CT molecular complexity index is 887. The molecule has 3 aromatic heterocycles. The van der Waals surface area contributed by atoms with E-state index in [-0.39, 0.29) is 12.5 Å². The zero-order valence-electron chi connectivity index (χ0n) is 13.1. The molecule has 1 aliphatic heterocycles. The molecule has 1 N–H and O–H groups in total. The molecule has 1 fully saturated rings. The van der Waals surface area contributed by atoms with Gasteiger partial charge in [-0.25, -0.2) is 4.98 Å². The molecule has 0 bridgehead atoms. The molecule has 0 aliphatic carbocycles. The molecule has 4 heterocycles. The number of hydrogen-bond acceptors (Lipinski definition) is 5. The Kier molecular flexibility index (Phi) is 3.46. The zero-order valence-corrected chi connectivity index (χ0v) is 13.1. The molecule has 0 radical (unpaired) electrons. The minimum Gasteiger partial charge on any atom is -0.482 e. The Morgan fingerprint density at radius 1 is 1.33 bits per heavy atom. The molecular weight excluding hydrogens is 310 g/mol. The van der Waals surface area contributed by atoms with E-state index in [9.17, 15) is 9.90 Å². The van der Waals surface area contributed by atoms with Crippen LogP contribution in [0.3, 0.4) is 0 Å². The second kappa shape index (κ2) is 5.64. The number of carbonyl (C=O) groups is 1. The molecule has 8 nitrogen and oxygen atoms in total. The number of rotatable bonds is 3. The molecule has 0 saturated carbocycles. The van der Waals surface area contributed by atoms with Gasteiger partial charge in [0.1, 0.15) is 17.9 Å². The Labute approximate surface area is 137 Å². The van der Waals surface area contributed by atoms with Crippen LogP contribution in [0.25, 0.3) is 5.65 Å². The van der Waals surface area contributed by atoms with Crippen molar-refractivity contribution in [2.24, 2.45) is 7.05 Å². The maximum absolute atomic E-state index is 12.7. The molecule has 0 unspecified atom stereocenters. The molecule has 3 aromatic rings. The predicted molar refractivity (Wildman–Crippen MR) is 84.7 cm³/mol. The number of imidazole rings is 1. The molecule has 24 heavy (non-hydrogen) atoms. The molecule has 0 spiro atoms. The maximum Gasteiger partial charge on any atom is 0.255 e. The van der Waals surface area contributed by atoms with Crippen LogP contribution in [0.5, 0.6) is 5.75 Å². The van der Waals surface area contributed by atoms with Crippen molar-refractivity contribution >= 4 is 11.6 Å². The Morgan fingerprint density at radius 2 is 2.21 bits per heavy atom. The van der Waals surface area contributed by atoms with Gasteiger partial charge in [-0.3, -0.25) is 9.48 Å². The number of likely N-dealkylation sites (tertiary alicyclic amines) is 1. The summed E-state index contributed by atoms with van der Waals surface area (Å²) >= 11 is 0. The number of β-amino-alcohol motifs (C(OH)–C–C–N with tert-alkyl or cyclic N) is 1. The van der Waals surface area contributed by atoms with Crippen LogP contribution in [0.2, 0.25) is 0 Å². The average Bonchev–Trinajstić information content (AvgIpc) is 3.27. The number of ether oxygens (including phenoxy) is 1. The van der Waals surface area contributed by atoms with E-state index in [1.807, 2.05) is 0 Å². The smallest absolute Gasteiger partial charge is 0.255 e. The quantitative estimate of drug-likeness (QED) is 0.749. The number of amides is 1. The summed E-state index contributed by atoms with van der Waals surface area (Å²) in [6.45, 7) is 0.572. The summed E-state index contributed by atoms with van der Waals surface area (Å²) in [6.07, 6.45) is 7.34. The van der Waals surface area contributed by atoms with Crippen molar-refractivity contribution in [3.63, 3.8) is 0 Å². The topological polar surface area (TPSA) is 84.9 Å². The van der Waals surface area contributed by atoms with Gasteiger partial charge in [0.05, 0.1) is 31.0 Å². The Morgan fingerprint density at radius 3 is 3.00 bits per heavy atom. The van der Waals surface area contributed by atoms with E-state index in [4.69, 9.17) is 4.74 Å². The van der Waals surface area contributed by atoms with Crippen LogP contribution in [-0.4, -0.2) is 60.4 Å². The maximum atomic E-state index is 12.7. The molecular formula is C16H17N5O3. The van der Waals surface area contributed by atoms with Crippen LogP contribution in [0, 0.1) is 0 Å². The number of aliphatic hydroxyl groups is 1. The molecule has 2 atom stereocenters. The third-order valence-electron chi connectivity index (χ3n) is 4.13. The van der Waals surface area contributed by atoms with Gasteiger partial charge in [0, 0.05) is 25.6 Å². The number of aliphatic hydroxyl groups excluding tert-OH is 1. The van der Waals surface area contributed by atoms with E-state index in [2.05, 4.69) is 10.1 Å². The van der Waals surface area contributed by atoms with E-state index >= 15 is 0 Å². The normalized spacial score (nSPS) is 20.7. The molecule has 0 aromatic carbocycles. The first kappa shape index (κ1) is 14.7. The monoisotopic (exact) mass is 327 g/mol. The first-order valence-electron chi connectivity index (χ1n) is 7.65. The second-order valence-electron chi connectivity index (χ2n) is 5.89. The van der Waals surface area contributed by atoms with E-state index in [0.717, 1.165) is 5.65 Å². The SMILES string of the molecule is Cn1cc(O[C@@H]2CN(C(=O)c3ccc4nccn4c3)C[C@H]2O)cn1. The lowest BCUT2D eigenvalue weighted by Crippen LogP contribution is -2.31. The number of aryl methyl sites for hydroxylation is 1. The van der Waals surface area contributed by atoms with Crippen LogP contribution in [0.4, 0.5) is 0 Å². The number of nitrogens with zero attached hydrogens (tertiary/aromatic N) is 5. The lowest BCUT2D eigenvalue weighted by molar-refractivity contribution is 0.0729. The van der Waals surface area contributed by atoms with Gasteiger partial charge < -0.3 is 19.1 Å². The van der Waals surface area contributed by atoms with Crippen molar-refractivity contribution in [3.05, 3.63) is 48.7 Å². The highest BCUT2D eigenvalue weighted by molar-refractivity contribution is 5.94. The van der Waals surface area contributed by atoms with Crippen LogP contribution in [-0.2, 0) is 7.05 Å². The van der Waals surface area contributed by atoms with Crippen molar-refractivity contribution in [1.82, 2.24) is 24.1 Å². The van der Waals surface area contributed by atoms with Gasteiger partial charge in [0.2, 0.25) is 0 Å². The minimum absolute atomic E-state index is 0.137. The summed E-state index contributed by atoms with van der Waals surface area (Å²) in [5.41, 5.74) is 1.33. The molecule has 8 heteroatoms. The fourth-order valence-corrected chi connectivity index (χ4v) is 2.90. The summed E-state index contributed by atoms with van der Waals surface area (Å²) in [4.78, 5) is 18.4. The van der Waals surface area contributed by atoms with Gasteiger partial charge in [0.15, 0.2) is 5.75 Å². The average molecular weight is 327 g/mol. The first-order chi connectivity index (χ1) is 11.6. The number of fused-ring (bicyclic) bond motifs is 1. The Hall–Kier alpha value is -2.87. The standard InChI is InChI=1S/C16H17N5O3/c1-19-8-12(6-18-19)24-14-10-21(9-13(14)22)16(23)11-2-3-15-17-4-5-20(15)7-11/h2-8,13-14,22H,9-10H2,1H3/t13-,14-/m1/s1. The van der Waals surface area contributed by atoms with E-state index in [1.54, 1.807) is 64.1 Å². The third-order valence-corrected chi connectivity index (χ3v) is 4.13. The van der Waals surface area contributed by atoms with Crippen molar-refractivity contribution in [1.29, 1.82) is 0 Å². The van der Waals surface area contributed by atoms with Crippen molar-refractivity contribution < 1.29 is 14.6 Å². The molecule has 124 valence electrons. The summed E-state index contributed by atoms with van der Waals surface area (Å²) in [5, 5.41) is 14.2. The molecule has 1 amide bonds.